The van der Waals surface area contributed by atoms with E-state index in [1.54, 1.807) is 6.20 Å². The molecular weight excluding hydrogens is 260 g/mol. The maximum absolute atomic E-state index is 6.42. The van der Waals surface area contributed by atoms with Gasteiger partial charge in [-0.05, 0) is 32.1 Å². The van der Waals surface area contributed by atoms with Gasteiger partial charge in [0.05, 0.1) is 11.4 Å². The lowest BCUT2D eigenvalue weighted by Gasteiger charge is -2.29. The zero-order chi connectivity index (χ0) is 15.4. The van der Waals surface area contributed by atoms with Crippen molar-refractivity contribution in [1.82, 2.24) is 9.88 Å². The molecule has 2 N–H and O–H groups in total. The van der Waals surface area contributed by atoms with E-state index in [0.29, 0.717) is 5.92 Å². The van der Waals surface area contributed by atoms with Gasteiger partial charge >= 0.3 is 0 Å². The summed E-state index contributed by atoms with van der Waals surface area (Å²) < 4.78 is 0. The van der Waals surface area contributed by atoms with Gasteiger partial charge in [0, 0.05) is 42.8 Å². The fraction of sp³-hybridized carbons (Fsp3) is 0.471. The van der Waals surface area contributed by atoms with Crippen LogP contribution in [-0.2, 0) is 0 Å². The molecule has 0 aliphatic rings. The van der Waals surface area contributed by atoms with Gasteiger partial charge in [-0.1, -0.05) is 19.9 Å². The molecule has 0 atom stereocenters. The molecule has 0 aliphatic carbocycles. The largest absolute Gasteiger partial charge is 0.397 e. The van der Waals surface area contributed by atoms with Crippen LogP contribution in [-0.4, -0.2) is 43.6 Å². The molecule has 0 unspecified atom stereocenters. The van der Waals surface area contributed by atoms with Crippen molar-refractivity contribution in [2.45, 2.75) is 13.8 Å². The Morgan fingerprint density at radius 3 is 2.57 bits per heavy atom. The van der Waals surface area contributed by atoms with Crippen LogP contribution in [0.15, 0.2) is 30.6 Å². The third-order valence-corrected chi connectivity index (χ3v) is 3.58. The summed E-state index contributed by atoms with van der Waals surface area (Å²) in [4.78, 5) is 8.75. The van der Waals surface area contributed by atoms with Gasteiger partial charge in [0.2, 0.25) is 0 Å². The number of benzene rings is 1. The summed E-state index contributed by atoms with van der Waals surface area (Å²) in [5.41, 5.74) is 8.40. The number of rotatable bonds is 6. The molecule has 1 heterocycles. The highest BCUT2D eigenvalue weighted by atomic mass is 15.2. The molecule has 0 fully saturated rings. The topological polar surface area (TPSA) is 45.4 Å². The summed E-state index contributed by atoms with van der Waals surface area (Å²) in [6.45, 7) is 7.48. The Bertz CT molecular complexity index is 592. The molecule has 1 aromatic heterocycles. The zero-order valence-corrected chi connectivity index (χ0v) is 13.5. The van der Waals surface area contributed by atoms with Crippen LogP contribution in [0.3, 0.4) is 0 Å². The van der Waals surface area contributed by atoms with E-state index in [1.165, 1.54) is 0 Å². The minimum Gasteiger partial charge on any atom is -0.397 e. The van der Waals surface area contributed by atoms with Crippen molar-refractivity contribution in [2.24, 2.45) is 5.92 Å². The van der Waals surface area contributed by atoms with Crippen LogP contribution in [0.2, 0.25) is 0 Å². The Morgan fingerprint density at radius 1 is 1.14 bits per heavy atom. The van der Waals surface area contributed by atoms with Gasteiger partial charge in [-0.2, -0.15) is 0 Å². The van der Waals surface area contributed by atoms with Crippen LogP contribution in [0.1, 0.15) is 13.8 Å². The second kappa shape index (κ2) is 6.76. The number of anilines is 2. The molecule has 2 rings (SSSR count). The van der Waals surface area contributed by atoms with Crippen molar-refractivity contribution >= 4 is 22.1 Å². The van der Waals surface area contributed by atoms with E-state index in [9.17, 15) is 0 Å². The summed E-state index contributed by atoms with van der Waals surface area (Å²) >= 11 is 0. The lowest BCUT2D eigenvalue weighted by atomic mass is 10.1. The summed E-state index contributed by atoms with van der Waals surface area (Å²) in [7, 11) is 4.20. The monoisotopic (exact) mass is 286 g/mol. The molecule has 0 spiro atoms. The first-order valence-electron chi connectivity index (χ1n) is 7.51. The van der Waals surface area contributed by atoms with Gasteiger partial charge in [0.25, 0.3) is 0 Å². The quantitative estimate of drug-likeness (QED) is 0.829. The lowest BCUT2D eigenvalue weighted by molar-refractivity contribution is 0.409. The highest BCUT2D eigenvalue weighted by Gasteiger charge is 2.13. The number of aromatic nitrogens is 1. The van der Waals surface area contributed by atoms with Gasteiger partial charge < -0.3 is 15.5 Å². The standard InChI is InChI=1S/C17H26N4/c1-13(2)12-21(10-9-20(3)4)16-6-5-14-11-19-8-7-15(14)17(16)18/h5-8,11,13H,9-10,12,18H2,1-4H3. The van der Waals surface area contributed by atoms with Gasteiger partial charge in [-0.25, -0.2) is 0 Å². The van der Waals surface area contributed by atoms with Crippen molar-refractivity contribution in [3.05, 3.63) is 30.6 Å². The predicted octanol–water partition coefficient (Wildman–Crippen LogP) is 2.84. The van der Waals surface area contributed by atoms with Crippen molar-refractivity contribution in [3.8, 4) is 0 Å². The summed E-state index contributed by atoms with van der Waals surface area (Å²) in [6, 6.07) is 6.22. The molecule has 1 aromatic carbocycles. The first-order valence-corrected chi connectivity index (χ1v) is 7.51. The molecule has 0 amide bonds. The van der Waals surface area contributed by atoms with Crippen LogP contribution >= 0.6 is 0 Å². The van der Waals surface area contributed by atoms with E-state index in [1.807, 2.05) is 12.3 Å². The van der Waals surface area contributed by atoms with Crippen molar-refractivity contribution in [1.29, 1.82) is 0 Å². The molecule has 0 radical (unpaired) electrons. The smallest absolute Gasteiger partial charge is 0.0632 e. The molecule has 114 valence electrons. The Labute approximate surface area is 127 Å². The van der Waals surface area contributed by atoms with Gasteiger partial charge in [0.15, 0.2) is 0 Å². The zero-order valence-electron chi connectivity index (χ0n) is 13.5. The molecule has 0 bridgehead atoms. The summed E-state index contributed by atoms with van der Waals surface area (Å²) in [5.74, 6) is 0.597. The number of nitrogens with zero attached hydrogens (tertiary/aromatic N) is 3. The minimum absolute atomic E-state index is 0.597. The fourth-order valence-electron chi connectivity index (χ4n) is 2.53. The van der Waals surface area contributed by atoms with Crippen molar-refractivity contribution < 1.29 is 0 Å². The number of nitrogens with two attached hydrogens (primary N) is 1. The average Bonchev–Trinajstić information content (AvgIpc) is 2.44. The number of pyridine rings is 1. The number of likely N-dealkylation sites (N-methyl/N-ethyl adjacent to an activating group) is 1. The Balaban J connectivity index is 2.36. The van der Waals surface area contributed by atoms with Crippen LogP contribution in [0.4, 0.5) is 11.4 Å². The predicted molar refractivity (Wildman–Crippen MR) is 91.8 cm³/mol. The van der Waals surface area contributed by atoms with Gasteiger partial charge in [-0.3, -0.25) is 4.98 Å². The fourth-order valence-corrected chi connectivity index (χ4v) is 2.53. The third-order valence-electron chi connectivity index (χ3n) is 3.58. The van der Waals surface area contributed by atoms with Crippen LogP contribution < -0.4 is 10.6 Å². The van der Waals surface area contributed by atoms with E-state index in [-0.39, 0.29) is 0 Å². The van der Waals surface area contributed by atoms with E-state index >= 15 is 0 Å². The molecule has 0 aliphatic heterocycles. The first-order chi connectivity index (χ1) is 9.99. The molecule has 2 aromatic rings. The van der Waals surface area contributed by atoms with Gasteiger partial charge in [0.1, 0.15) is 0 Å². The summed E-state index contributed by atoms with van der Waals surface area (Å²) in [6.07, 6.45) is 3.66. The lowest BCUT2D eigenvalue weighted by Crippen LogP contribution is -2.34. The minimum atomic E-state index is 0.597. The number of nitrogen functional groups attached to an aromatic ring is 1. The highest BCUT2D eigenvalue weighted by molar-refractivity contribution is 5.98. The SMILES string of the molecule is CC(C)CN(CCN(C)C)c1ccc2cnccc2c1N. The van der Waals surface area contributed by atoms with Gasteiger partial charge in [-0.15, -0.1) is 0 Å². The number of fused-ring (bicyclic) bond motifs is 1. The van der Waals surface area contributed by atoms with Crippen LogP contribution in [0, 0.1) is 5.92 Å². The molecule has 4 heteroatoms. The maximum Gasteiger partial charge on any atom is 0.0632 e. The molecule has 4 nitrogen and oxygen atoms in total. The molecule has 0 saturated carbocycles. The highest BCUT2D eigenvalue weighted by Crippen LogP contribution is 2.31. The Morgan fingerprint density at radius 2 is 1.90 bits per heavy atom. The van der Waals surface area contributed by atoms with E-state index in [4.69, 9.17) is 5.73 Å². The first kappa shape index (κ1) is 15.6. The molecule has 21 heavy (non-hydrogen) atoms. The average molecular weight is 286 g/mol. The molecular formula is C17H26N4. The third kappa shape index (κ3) is 3.85. The Hall–Kier alpha value is -1.81. The van der Waals surface area contributed by atoms with E-state index < -0.39 is 0 Å². The number of hydrogen-bond donors (Lipinski definition) is 1. The van der Waals surface area contributed by atoms with Crippen molar-refractivity contribution in [2.75, 3.05) is 44.4 Å². The Kier molecular flexibility index (Phi) is 5.02. The number of hydrogen-bond acceptors (Lipinski definition) is 4. The van der Waals surface area contributed by atoms with Crippen LogP contribution in [0.25, 0.3) is 10.8 Å². The normalized spacial score (nSPS) is 11.5. The molecule has 0 saturated heterocycles. The van der Waals surface area contributed by atoms with E-state index in [0.717, 1.165) is 41.8 Å². The summed E-state index contributed by atoms with van der Waals surface area (Å²) in [5, 5.41) is 2.18. The maximum atomic E-state index is 6.42. The van der Waals surface area contributed by atoms with Crippen LogP contribution in [0.5, 0.6) is 0 Å². The second-order valence-electron chi connectivity index (χ2n) is 6.24. The van der Waals surface area contributed by atoms with Crippen molar-refractivity contribution in [3.63, 3.8) is 0 Å². The second-order valence-corrected chi connectivity index (χ2v) is 6.24. The van der Waals surface area contributed by atoms with E-state index in [2.05, 4.69) is 54.9 Å².